The molecule has 3 heteroatoms. The van der Waals surface area contributed by atoms with Gasteiger partial charge in [0, 0.05) is 19.1 Å². The monoisotopic (exact) mass is 289 g/mol. The van der Waals surface area contributed by atoms with Gasteiger partial charge in [0.25, 0.3) is 0 Å². The quantitative estimate of drug-likeness (QED) is 0.832. The molecule has 1 saturated heterocycles. The predicted molar refractivity (Wildman–Crippen MR) is 90.7 cm³/mol. The zero-order valence-electron chi connectivity index (χ0n) is 14.1. The highest BCUT2D eigenvalue weighted by molar-refractivity contribution is 5.28. The fraction of sp³-hybridized carbons (Fsp3) is 0.667. The summed E-state index contributed by atoms with van der Waals surface area (Å²) in [6.45, 7) is 7.12. The van der Waals surface area contributed by atoms with Crippen LogP contribution in [0.4, 0.5) is 0 Å². The summed E-state index contributed by atoms with van der Waals surface area (Å²) in [7, 11) is 6.57. The Kier molecular flexibility index (Phi) is 6.22. The van der Waals surface area contributed by atoms with Crippen LogP contribution in [0.15, 0.2) is 24.3 Å². The lowest BCUT2D eigenvalue weighted by molar-refractivity contribution is 0.261. The summed E-state index contributed by atoms with van der Waals surface area (Å²) in [6.07, 6.45) is 2.52. The van der Waals surface area contributed by atoms with Crippen LogP contribution < -0.4 is 5.32 Å². The standard InChI is InChI=1S/C18H31N3/c1-15-7-5-6-8-17(15)18(19-2)10-12-21(4)14-16-9-11-20(3)13-16/h5-8,16,18-19H,9-14H2,1-4H3. The number of likely N-dealkylation sites (tertiary alicyclic amines) is 1. The molecular formula is C18H31N3. The fourth-order valence-corrected chi connectivity index (χ4v) is 3.49. The van der Waals surface area contributed by atoms with Gasteiger partial charge in [0.05, 0.1) is 0 Å². The van der Waals surface area contributed by atoms with Gasteiger partial charge < -0.3 is 15.1 Å². The van der Waals surface area contributed by atoms with Gasteiger partial charge in [-0.3, -0.25) is 0 Å². The van der Waals surface area contributed by atoms with E-state index in [4.69, 9.17) is 0 Å². The maximum absolute atomic E-state index is 3.48. The topological polar surface area (TPSA) is 18.5 Å². The van der Waals surface area contributed by atoms with E-state index in [1.807, 2.05) is 0 Å². The molecule has 118 valence electrons. The number of nitrogens with one attached hydrogen (secondary N) is 1. The first kappa shape index (κ1) is 16.5. The number of hydrogen-bond donors (Lipinski definition) is 1. The molecule has 0 aliphatic carbocycles. The van der Waals surface area contributed by atoms with Crippen LogP contribution in [-0.4, -0.2) is 57.1 Å². The zero-order chi connectivity index (χ0) is 15.2. The van der Waals surface area contributed by atoms with E-state index < -0.39 is 0 Å². The molecular weight excluding hydrogens is 258 g/mol. The molecule has 0 saturated carbocycles. The minimum absolute atomic E-state index is 0.458. The van der Waals surface area contributed by atoms with Crippen molar-refractivity contribution in [3.63, 3.8) is 0 Å². The van der Waals surface area contributed by atoms with Gasteiger partial charge >= 0.3 is 0 Å². The van der Waals surface area contributed by atoms with Gasteiger partial charge in [0.15, 0.2) is 0 Å². The van der Waals surface area contributed by atoms with E-state index in [0.29, 0.717) is 6.04 Å². The molecule has 21 heavy (non-hydrogen) atoms. The summed E-state index contributed by atoms with van der Waals surface area (Å²) in [4.78, 5) is 4.95. The van der Waals surface area contributed by atoms with Crippen molar-refractivity contribution in [2.45, 2.75) is 25.8 Å². The van der Waals surface area contributed by atoms with Crippen LogP contribution in [-0.2, 0) is 0 Å². The highest BCUT2D eigenvalue weighted by Gasteiger charge is 2.21. The average Bonchev–Trinajstić information content (AvgIpc) is 2.86. The normalized spacial score (nSPS) is 21.1. The third-order valence-electron chi connectivity index (χ3n) is 4.77. The van der Waals surface area contributed by atoms with Crippen LogP contribution in [0.1, 0.15) is 30.0 Å². The number of aryl methyl sites for hydroxylation is 1. The molecule has 0 radical (unpaired) electrons. The van der Waals surface area contributed by atoms with Crippen LogP contribution in [0.3, 0.4) is 0 Å². The largest absolute Gasteiger partial charge is 0.313 e. The maximum atomic E-state index is 3.48. The van der Waals surface area contributed by atoms with Gasteiger partial charge in [-0.1, -0.05) is 24.3 Å². The van der Waals surface area contributed by atoms with E-state index in [9.17, 15) is 0 Å². The second-order valence-electron chi connectivity index (χ2n) is 6.67. The minimum Gasteiger partial charge on any atom is -0.313 e. The zero-order valence-corrected chi connectivity index (χ0v) is 14.1. The van der Waals surface area contributed by atoms with Crippen molar-refractivity contribution >= 4 is 0 Å². The Balaban J connectivity index is 1.81. The van der Waals surface area contributed by atoms with E-state index in [1.165, 1.54) is 43.6 Å². The van der Waals surface area contributed by atoms with Crippen molar-refractivity contribution in [2.24, 2.45) is 5.92 Å². The van der Waals surface area contributed by atoms with Gasteiger partial charge in [-0.15, -0.1) is 0 Å². The fourth-order valence-electron chi connectivity index (χ4n) is 3.49. The van der Waals surface area contributed by atoms with Crippen LogP contribution in [0.25, 0.3) is 0 Å². The first-order chi connectivity index (χ1) is 10.1. The lowest BCUT2D eigenvalue weighted by atomic mass is 9.98. The van der Waals surface area contributed by atoms with Crippen molar-refractivity contribution in [3.8, 4) is 0 Å². The molecule has 0 amide bonds. The van der Waals surface area contributed by atoms with E-state index in [-0.39, 0.29) is 0 Å². The summed E-state index contributed by atoms with van der Waals surface area (Å²) < 4.78 is 0. The Morgan fingerprint density at radius 3 is 2.76 bits per heavy atom. The maximum Gasteiger partial charge on any atom is 0.0332 e. The van der Waals surface area contributed by atoms with Gasteiger partial charge in [-0.2, -0.15) is 0 Å². The third kappa shape index (κ3) is 4.80. The second kappa shape index (κ2) is 7.92. The van der Waals surface area contributed by atoms with Crippen molar-refractivity contribution < 1.29 is 0 Å². The summed E-state index contributed by atoms with van der Waals surface area (Å²) in [6, 6.07) is 9.18. The lowest BCUT2D eigenvalue weighted by Crippen LogP contribution is -2.30. The van der Waals surface area contributed by atoms with Crippen molar-refractivity contribution in [3.05, 3.63) is 35.4 Å². The Hall–Kier alpha value is -0.900. The molecule has 1 aromatic rings. The van der Waals surface area contributed by atoms with Crippen LogP contribution in [0.2, 0.25) is 0 Å². The molecule has 1 heterocycles. The molecule has 2 atom stereocenters. The third-order valence-corrected chi connectivity index (χ3v) is 4.77. The molecule has 0 aromatic heterocycles. The highest BCUT2D eigenvalue weighted by Crippen LogP contribution is 2.21. The molecule has 1 N–H and O–H groups in total. The van der Waals surface area contributed by atoms with Crippen molar-refractivity contribution in [2.75, 3.05) is 47.3 Å². The van der Waals surface area contributed by atoms with Gasteiger partial charge in [0.1, 0.15) is 0 Å². The van der Waals surface area contributed by atoms with Crippen molar-refractivity contribution in [1.29, 1.82) is 0 Å². The van der Waals surface area contributed by atoms with E-state index in [1.54, 1.807) is 0 Å². The summed E-state index contributed by atoms with van der Waals surface area (Å²) in [5.74, 6) is 0.853. The Bertz CT molecular complexity index is 432. The molecule has 1 fully saturated rings. The van der Waals surface area contributed by atoms with Crippen LogP contribution in [0.5, 0.6) is 0 Å². The van der Waals surface area contributed by atoms with Gasteiger partial charge in [-0.05, 0) is 71.0 Å². The number of hydrogen-bond acceptors (Lipinski definition) is 3. The Morgan fingerprint density at radius 1 is 1.38 bits per heavy atom. The molecule has 1 aliphatic heterocycles. The predicted octanol–water partition coefficient (Wildman–Crippen LogP) is 2.53. The summed E-state index contributed by atoms with van der Waals surface area (Å²) in [5, 5.41) is 3.48. The van der Waals surface area contributed by atoms with E-state index in [2.05, 4.69) is 67.4 Å². The first-order valence-electron chi connectivity index (χ1n) is 8.20. The molecule has 0 bridgehead atoms. The van der Waals surface area contributed by atoms with Gasteiger partial charge in [-0.25, -0.2) is 0 Å². The number of rotatable bonds is 7. The first-order valence-corrected chi connectivity index (χ1v) is 8.20. The minimum atomic E-state index is 0.458. The molecule has 1 aliphatic rings. The number of benzene rings is 1. The Labute approximate surface area is 130 Å². The highest BCUT2D eigenvalue weighted by atomic mass is 15.1. The molecule has 0 spiro atoms. The van der Waals surface area contributed by atoms with E-state index >= 15 is 0 Å². The van der Waals surface area contributed by atoms with E-state index in [0.717, 1.165) is 12.5 Å². The molecule has 3 nitrogen and oxygen atoms in total. The SMILES string of the molecule is CNC(CCN(C)CC1CCN(C)C1)c1ccccc1C. The Morgan fingerprint density at radius 2 is 2.14 bits per heavy atom. The summed E-state index contributed by atoms with van der Waals surface area (Å²) in [5.41, 5.74) is 2.82. The summed E-state index contributed by atoms with van der Waals surface area (Å²) >= 11 is 0. The van der Waals surface area contributed by atoms with Crippen LogP contribution >= 0.6 is 0 Å². The van der Waals surface area contributed by atoms with Crippen LogP contribution in [0, 0.1) is 12.8 Å². The molecule has 2 unspecified atom stereocenters. The second-order valence-corrected chi connectivity index (χ2v) is 6.67. The average molecular weight is 289 g/mol. The molecule has 1 aromatic carbocycles. The molecule has 2 rings (SSSR count). The smallest absolute Gasteiger partial charge is 0.0332 e. The van der Waals surface area contributed by atoms with Gasteiger partial charge in [0.2, 0.25) is 0 Å². The number of nitrogens with zero attached hydrogens (tertiary/aromatic N) is 2. The van der Waals surface area contributed by atoms with Crippen molar-refractivity contribution in [1.82, 2.24) is 15.1 Å². The lowest BCUT2D eigenvalue weighted by Gasteiger charge is -2.25.